The third-order valence-corrected chi connectivity index (χ3v) is 2.61. The fourth-order valence-electron chi connectivity index (χ4n) is 0.437. The number of hydrogen-bond donors (Lipinski definition) is 0. The maximum Gasteiger partial charge on any atom is 0.330 e. The molecule has 0 aliphatic rings. The molecule has 0 bridgehead atoms. The Kier molecular flexibility index (Phi) is 7.05. The van der Waals surface area contributed by atoms with E-state index in [0.29, 0.717) is 0 Å². The van der Waals surface area contributed by atoms with Crippen molar-refractivity contribution in [2.75, 3.05) is 13.2 Å². The van der Waals surface area contributed by atoms with Gasteiger partial charge in [-0.05, 0) is 11.2 Å². The number of alkyl halides is 8. The van der Waals surface area contributed by atoms with Crippen LogP contribution in [0.1, 0.15) is 0 Å². The molecule has 18 heavy (non-hydrogen) atoms. The summed E-state index contributed by atoms with van der Waals surface area (Å²) in [4.78, 5) is 0. The van der Waals surface area contributed by atoms with Crippen LogP contribution in [0, 0.1) is 0 Å². The first kappa shape index (κ1) is 18.1. The van der Waals surface area contributed by atoms with E-state index in [-0.39, 0.29) is 0 Å². The molecular weight excluding hydrogens is 322 g/mol. The van der Waals surface area contributed by atoms with E-state index in [4.69, 9.17) is 11.2 Å². The quantitative estimate of drug-likeness (QED) is 0.489. The summed E-state index contributed by atoms with van der Waals surface area (Å²) in [7, 11) is -2.91. The average Bonchev–Trinajstić information content (AvgIpc) is 2.23. The molecule has 110 valence electrons. The lowest BCUT2D eigenvalue weighted by Gasteiger charge is -2.19. The van der Waals surface area contributed by atoms with Gasteiger partial charge in [0.05, 0.1) is 0 Å². The maximum absolute atomic E-state index is 12.3. The highest BCUT2D eigenvalue weighted by Crippen LogP contribution is 2.46. The molecule has 0 N–H and O–H groups in total. The van der Waals surface area contributed by atoms with Gasteiger partial charge in [-0.25, -0.2) is 17.6 Å². The Bertz CT molecular complexity index is 230. The fraction of sp³-hybridized carbons (Fsp3) is 1.00. The van der Waals surface area contributed by atoms with Crippen LogP contribution >= 0.6 is 19.0 Å². The van der Waals surface area contributed by atoms with E-state index in [2.05, 4.69) is 9.05 Å². The molecule has 0 saturated heterocycles. The van der Waals surface area contributed by atoms with Crippen LogP contribution in [-0.2, 0) is 9.05 Å². The second kappa shape index (κ2) is 7.02. The second-order valence-electron chi connectivity index (χ2n) is 2.88. The van der Waals surface area contributed by atoms with Crippen molar-refractivity contribution in [3.63, 3.8) is 0 Å². The van der Waals surface area contributed by atoms with Gasteiger partial charge in [0, 0.05) is 0 Å². The van der Waals surface area contributed by atoms with Crippen LogP contribution in [-0.4, -0.2) is 37.9 Å². The Balaban J connectivity index is 4.03. The van der Waals surface area contributed by atoms with Crippen molar-refractivity contribution in [2.45, 2.75) is 24.7 Å². The van der Waals surface area contributed by atoms with Gasteiger partial charge in [-0.1, -0.05) is 0 Å². The largest absolute Gasteiger partial charge is 0.330 e. The van der Waals surface area contributed by atoms with Crippen molar-refractivity contribution in [1.82, 2.24) is 0 Å². The molecule has 0 aromatic rings. The number of halogens is 9. The predicted molar refractivity (Wildman–Crippen MR) is 46.6 cm³/mol. The Hall–Kier alpha value is 0.0800. The maximum atomic E-state index is 12.3. The minimum absolute atomic E-state index is 1.87. The summed E-state index contributed by atoms with van der Waals surface area (Å²) in [5.41, 5.74) is 0. The van der Waals surface area contributed by atoms with Gasteiger partial charge >= 0.3 is 24.7 Å². The van der Waals surface area contributed by atoms with Crippen LogP contribution in [0.2, 0.25) is 0 Å². The van der Waals surface area contributed by atoms with Crippen LogP contribution in [0.25, 0.3) is 0 Å². The van der Waals surface area contributed by atoms with Crippen molar-refractivity contribution in [3.05, 3.63) is 0 Å². The van der Waals surface area contributed by atoms with Crippen LogP contribution in [0.15, 0.2) is 0 Å². The van der Waals surface area contributed by atoms with E-state index in [1.165, 1.54) is 0 Å². The first-order valence-corrected chi connectivity index (χ1v) is 6.11. The van der Waals surface area contributed by atoms with E-state index in [9.17, 15) is 35.1 Å². The van der Waals surface area contributed by atoms with Gasteiger partial charge in [0.1, 0.15) is 13.2 Å². The lowest BCUT2D eigenvalue weighted by Crippen LogP contribution is -2.33. The SMILES string of the molecule is FC(F)C(F)(F)COP(Cl)OCC(F)(F)C(F)F. The molecule has 0 amide bonds. The standard InChI is InChI=1S/C6H6ClF8O2P/c7-18(16-1-5(12,13)3(8)9)17-2-6(14,15)4(10)11/h3-4H,1-2H2. The minimum atomic E-state index is -4.54. The fourth-order valence-corrected chi connectivity index (χ4v) is 1.35. The molecule has 0 radical (unpaired) electrons. The smallest absolute Gasteiger partial charge is 0.316 e. The summed E-state index contributed by atoms with van der Waals surface area (Å²) in [6, 6.07) is 0. The summed E-state index contributed by atoms with van der Waals surface area (Å²) in [6.07, 6.45) is -8.08. The zero-order valence-electron chi connectivity index (χ0n) is 8.23. The zero-order chi connectivity index (χ0) is 14.6. The van der Waals surface area contributed by atoms with E-state index in [0.717, 1.165) is 0 Å². The molecule has 0 aliphatic heterocycles. The summed E-state index contributed by atoms with van der Waals surface area (Å²) in [5, 5.41) is 0. The van der Waals surface area contributed by atoms with Gasteiger partial charge in [-0.3, -0.25) is 0 Å². The van der Waals surface area contributed by atoms with Gasteiger partial charge in [-0.15, -0.1) is 0 Å². The van der Waals surface area contributed by atoms with Gasteiger partial charge in [0.2, 0.25) is 0 Å². The molecule has 12 heteroatoms. The lowest BCUT2D eigenvalue weighted by atomic mass is 10.4. The highest BCUT2D eigenvalue weighted by molar-refractivity contribution is 7.76. The molecule has 0 saturated carbocycles. The van der Waals surface area contributed by atoms with E-state index in [1.54, 1.807) is 0 Å². The lowest BCUT2D eigenvalue weighted by molar-refractivity contribution is -0.155. The second-order valence-corrected chi connectivity index (χ2v) is 4.65. The molecule has 0 spiro atoms. The molecule has 0 heterocycles. The first-order chi connectivity index (χ1) is 7.99. The number of rotatable bonds is 8. The van der Waals surface area contributed by atoms with Gasteiger partial charge in [0.15, 0.2) is 0 Å². The van der Waals surface area contributed by atoms with Crippen molar-refractivity contribution < 1.29 is 44.2 Å². The van der Waals surface area contributed by atoms with Crippen LogP contribution in [0.5, 0.6) is 0 Å². The molecule has 0 aromatic carbocycles. The summed E-state index contributed by atoms with van der Waals surface area (Å²) in [5.74, 6) is -9.08. The van der Waals surface area contributed by atoms with Crippen molar-refractivity contribution in [1.29, 1.82) is 0 Å². The van der Waals surface area contributed by atoms with Crippen LogP contribution in [0.4, 0.5) is 35.1 Å². The van der Waals surface area contributed by atoms with Crippen molar-refractivity contribution in [2.24, 2.45) is 0 Å². The molecule has 0 rings (SSSR count). The topological polar surface area (TPSA) is 18.5 Å². The first-order valence-electron chi connectivity index (χ1n) is 4.02. The Morgan fingerprint density at radius 1 is 0.833 bits per heavy atom. The molecule has 0 aromatic heterocycles. The minimum Gasteiger partial charge on any atom is -0.316 e. The normalized spacial score (nSPS) is 14.0. The highest BCUT2D eigenvalue weighted by atomic mass is 35.7. The monoisotopic (exact) mass is 328 g/mol. The molecule has 2 nitrogen and oxygen atoms in total. The van der Waals surface area contributed by atoms with Crippen molar-refractivity contribution >= 4 is 19.0 Å². The zero-order valence-corrected chi connectivity index (χ0v) is 9.88. The molecule has 0 aliphatic carbocycles. The highest BCUT2D eigenvalue weighted by Gasteiger charge is 2.44. The number of hydrogen-bond acceptors (Lipinski definition) is 2. The predicted octanol–water partition coefficient (Wildman–Crippen LogP) is 4.29. The summed E-state index contributed by atoms with van der Waals surface area (Å²) < 4.78 is 103. The van der Waals surface area contributed by atoms with Gasteiger partial charge in [0.25, 0.3) is 7.73 Å². The Labute approximate surface area is 102 Å². The van der Waals surface area contributed by atoms with Crippen LogP contribution < -0.4 is 0 Å². The third kappa shape index (κ3) is 6.31. The molecule has 0 fully saturated rings. The van der Waals surface area contributed by atoms with E-state index < -0.39 is 45.6 Å². The van der Waals surface area contributed by atoms with E-state index >= 15 is 0 Å². The molecule has 0 unspecified atom stereocenters. The molecule has 0 atom stereocenters. The van der Waals surface area contributed by atoms with Gasteiger partial charge in [-0.2, -0.15) is 17.6 Å². The Morgan fingerprint density at radius 3 is 1.33 bits per heavy atom. The van der Waals surface area contributed by atoms with Gasteiger partial charge < -0.3 is 9.05 Å². The summed E-state index contributed by atoms with van der Waals surface area (Å²) >= 11 is 4.97. The molecular formula is C6H6ClF8O2P. The third-order valence-electron chi connectivity index (χ3n) is 1.36. The summed E-state index contributed by atoms with van der Waals surface area (Å²) in [6.45, 7) is -3.75. The van der Waals surface area contributed by atoms with Crippen molar-refractivity contribution in [3.8, 4) is 0 Å². The van der Waals surface area contributed by atoms with Crippen LogP contribution in [0.3, 0.4) is 0 Å². The average molecular weight is 329 g/mol. The van der Waals surface area contributed by atoms with E-state index in [1.807, 2.05) is 0 Å². The Morgan fingerprint density at radius 2 is 1.11 bits per heavy atom.